The maximum Gasteiger partial charge on any atom is 0.265 e. The second kappa shape index (κ2) is 6.59. The van der Waals surface area contributed by atoms with Crippen molar-refractivity contribution in [3.8, 4) is 5.75 Å². The van der Waals surface area contributed by atoms with Crippen LogP contribution in [-0.2, 0) is 4.79 Å². The molecule has 0 saturated heterocycles. The van der Waals surface area contributed by atoms with Gasteiger partial charge < -0.3 is 10.1 Å². The summed E-state index contributed by atoms with van der Waals surface area (Å²) in [5.74, 6) is -0.517. The van der Waals surface area contributed by atoms with Crippen LogP contribution in [-0.4, -0.2) is 12.0 Å². The lowest BCUT2D eigenvalue weighted by molar-refractivity contribution is -0.122. The quantitative estimate of drug-likeness (QED) is 0.919. The number of rotatable bonds is 4. The third-order valence-electron chi connectivity index (χ3n) is 2.88. The van der Waals surface area contributed by atoms with E-state index >= 15 is 0 Å². The van der Waals surface area contributed by atoms with Crippen LogP contribution < -0.4 is 10.1 Å². The standard InChI is InChI=1S/C16H15ClFNO2/c1-10-5-3-6-12(9-10)21-11(2)16(20)19-14-8-4-7-13(17)15(14)18/h3-9,11H,1-2H3,(H,19,20)/t11-/m1/s1. The van der Waals surface area contributed by atoms with E-state index in [0.29, 0.717) is 5.75 Å². The number of carbonyl (C=O) groups excluding carboxylic acids is 1. The molecule has 5 heteroatoms. The van der Waals surface area contributed by atoms with Crippen LogP contribution in [0.25, 0.3) is 0 Å². The molecule has 0 fully saturated rings. The van der Waals surface area contributed by atoms with Crippen LogP contribution in [0.5, 0.6) is 5.75 Å². The minimum absolute atomic E-state index is 0.0344. The number of carbonyl (C=O) groups is 1. The van der Waals surface area contributed by atoms with Gasteiger partial charge >= 0.3 is 0 Å². The van der Waals surface area contributed by atoms with Crippen LogP contribution in [0.2, 0.25) is 5.02 Å². The Labute approximate surface area is 127 Å². The highest BCUT2D eigenvalue weighted by Crippen LogP contribution is 2.22. The van der Waals surface area contributed by atoms with Crippen molar-refractivity contribution in [3.63, 3.8) is 0 Å². The van der Waals surface area contributed by atoms with Gasteiger partial charge in [0.05, 0.1) is 10.7 Å². The smallest absolute Gasteiger partial charge is 0.265 e. The number of ether oxygens (including phenoxy) is 1. The van der Waals surface area contributed by atoms with E-state index < -0.39 is 17.8 Å². The van der Waals surface area contributed by atoms with E-state index in [2.05, 4.69) is 5.32 Å². The Hall–Kier alpha value is -2.07. The number of amides is 1. The number of nitrogens with one attached hydrogen (secondary N) is 1. The Balaban J connectivity index is 2.04. The Morgan fingerprint density at radius 3 is 2.71 bits per heavy atom. The molecule has 0 aliphatic heterocycles. The number of anilines is 1. The molecule has 0 radical (unpaired) electrons. The van der Waals surface area contributed by atoms with Gasteiger partial charge in [-0.2, -0.15) is 0 Å². The summed E-state index contributed by atoms with van der Waals surface area (Å²) in [6.07, 6.45) is -0.759. The zero-order valence-electron chi connectivity index (χ0n) is 11.7. The predicted molar refractivity (Wildman–Crippen MR) is 81.3 cm³/mol. The molecule has 0 spiro atoms. The molecular weight excluding hydrogens is 293 g/mol. The molecule has 0 saturated carbocycles. The van der Waals surface area contributed by atoms with Crippen molar-refractivity contribution in [2.45, 2.75) is 20.0 Å². The lowest BCUT2D eigenvalue weighted by Gasteiger charge is -2.15. The third kappa shape index (κ3) is 3.95. The minimum Gasteiger partial charge on any atom is -0.481 e. The molecule has 110 valence electrons. The van der Waals surface area contributed by atoms with Gasteiger partial charge in [0.2, 0.25) is 0 Å². The van der Waals surface area contributed by atoms with E-state index in [0.717, 1.165) is 5.56 Å². The fraction of sp³-hybridized carbons (Fsp3) is 0.188. The number of halogens is 2. The van der Waals surface area contributed by atoms with Crippen LogP contribution in [0.15, 0.2) is 42.5 Å². The van der Waals surface area contributed by atoms with Crippen molar-refractivity contribution < 1.29 is 13.9 Å². The monoisotopic (exact) mass is 307 g/mol. The van der Waals surface area contributed by atoms with Crippen LogP contribution >= 0.6 is 11.6 Å². The van der Waals surface area contributed by atoms with Gasteiger partial charge in [-0.05, 0) is 43.7 Å². The molecule has 3 nitrogen and oxygen atoms in total. The van der Waals surface area contributed by atoms with Crippen molar-refractivity contribution in [3.05, 3.63) is 58.9 Å². The Bertz CT molecular complexity index is 660. The fourth-order valence-corrected chi connectivity index (χ4v) is 1.96. The molecule has 1 N–H and O–H groups in total. The van der Waals surface area contributed by atoms with Gasteiger partial charge in [-0.1, -0.05) is 29.8 Å². The topological polar surface area (TPSA) is 38.3 Å². The maximum absolute atomic E-state index is 13.7. The van der Waals surface area contributed by atoms with Gasteiger partial charge in [0.25, 0.3) is 5.91 Å². The number of benzene rings is 2. The summed E-state index contributed by atoms with van der Waals surface area (Å²) < 4.78 is 19.2. The summed E-state index contributed by atoms with van der Waals surface area (Å²) in [5, 5.41) is 2.42. The average molecular weight is 308 g/mol. The lowest BCUT2D eigenvalue weighted by Crippen LogP contribution is -2.30. The Morgan fingerprint density at radius 1 is 1.29 bits per heavy atom. The number of hydrogen-bond acceptors (Lipinski definition) is 2. The molecular formula is C16H15ClFNO2. The van der Waals surface area contributed by atoms with Crippen LogP contribution in [0, 0.1) is 12.7 Å². The molecule has 0 heterocycles. The van der Waals surface area contributed by atoms with Crippen molar-refractivity contribution in [2.24, 2.45) is 0 Å². The van der Waals surface area contributed by atoms with Gasteiger partial charge in [-0.15, -0.1) is 0 Å². The summed E-state index contributed by atoms with van der Waals surface area (Å²) in [6.45, 7) is 3.53. The van der Waals surface area contributed by atoms with E-state index in [1.165, 1.54) is 12.1 Å². The molecule has 2 rings (SSSR count). The van der Waals surface area contributed by atoms with Crippen molar-refractivity contribution >= 4 is 23.2 Å². The average Bonchev–Trinajstić information content (AvgIpc) is 2.44. The van der Waals surface area contributed by atoms with Crippen LogP contribution in [0.1, 0.15) is 12.5 Å². The van der Waals surface area contributed by atoms with Crippen molar-refractivity contribution in [1.82, 2.24) is 0 Å². The highest BCUT2D eigenvalue weighted by atomic mass is 35.5. The normalized spacial score (nSPS) is 11.8. The zero-order chi connectivity index (χ0) is 15.4. The molecule has 0 bridgehead atoms. The highest BCUT2D eigenvalue weighted by Gasteiger charge is 2.17. The maximum atomic E-state index is 13.7. The second-order valence-electron chi connectivity index (χ2n) is 4.67. The molecule has 1 amide bonds. The largest absolute Gasteiger partial charge is 0.481 e. The van der Waals surface area contributed by atoms with Gasteiger partial charge in [-0.25, -0.2) is 4.39 Å². The van der Waals surface area contributed by atoms with E-state index in [4.69, 9.17) is 16.3 Å². The summed E-state index contributed by atoms with van der Waals surface area (Å²) >= 11 is 5.67. The predicted octanol–water partition coefficient (Wildman–Crippen LogP) is 4.19. The fourth-order valence-electron chi connectivity index (χ4n) is 1.78. The molecule has 2 aromatic carbocycles. The zero-order valence-corrected chi connectivity index (χ0v) is 12.4. The molecule has 0 unspecified atom stereocenters. The Kier molecular flexibility index (Phi) is 4.81. The number of aryl methyl sites for hydroxylation is 1. The molecule has 0 aliphatic carbocycles. The summed E-state index contributed by atoms with van der Waals surface area (Å²) in [5.41, 5.74) is 1.06. The van der Waals surface area contributed by atoms with E-state index in [9.17, 15) is 9.18 Å². The van der Waals surface area contributed by atoms with E-state index in [1.54, 1.807) is 19.1 Å². The molecule has 1 atom stereocenters. The first-order chi connectivity index (χ1) is 9.97. The third-order valence-corrected chi connectivity index (χ3v) is 3.17. The minimum atomic E-state index is -0.759. The molecule has 21 heavy (non-hydrogen) atoms. The van der Waals surface area contributed by atoms with Gasteiger partial charge in [-0.3, -0.25) is 4.79 Å². The second-order valence-corrected chi connectivity index (χ2v) is 5.07. The summed E-state index contributed by atoms with van der Waals surface area (Å²) in [7, 11) is 0. The van der Waals surface area contributed by atoms with Crippen LogP contribution in [0.4, 0.5) is 10.1 Å². The Morgan fingerprint density at radius 2 is 2.00 bits per heavy atom. The summed E-state index contributed by atoms with van der Waals surface area (Å²) in [4.78, 5) is 12.0. The van der Waals surface area contributed by atoms with E-state index in [-0.39, 0.29) is 10.7 Å². The SMILES string of the molecule is Cc1cccc(O[C@H](C)C(=O)Nc2cccc(Cl)c2F)c1. The van der Waals surface area contributed by atoms with Gasteiger partial charge in [0.15, 0.2) is 11.9 Å². The van der Waals surface area contributed by atoms with Crippen LogP contribution in [0.3, 0.4) is 0 Å². The van der Waals surface area contributed by atoms with Gasteiger partial charge in [0, 0.05) is 0 Å². The van der Waals surface area contributed by atoms with Gasteiger partial charge in [0.1, 0.15) is 5.75 Å². The van der Waals surface area contributed by atoms with E-state index in [1.807, 2.05) is 25.1 Å². The molecule has 2 aromatic rings. The number of hydrogen-bond donors (Lipinski definition) is 1. The van der Waals surface area contributed by atoms with Crippen molar-refractivity contribution in [1.29, 1.82) is 0 Å². The summed E-state index contributed by atoms with van der Waals surface area (Å²) in [6, 6.07) is 11.8. The first kappa shape index (κ1) is 15.3. The highest BCUT2D eigenvalue weighted by molar-refractivity contribution is 6.31. The first-order valence-corrected chi connectivity index (χ1v) is 6.83. The van der Waals surface area contributed by atoms with Crippen molar-refractivity contribution in [2.75, 3.05) is 5.32 Å². The molecule has 0 aliphatic rings. The molecule has 0 aromatic heterocycles. The first-order valence-electron chi connectivity index (χ1n) is 6.45. The lowest BCUT2D eigenvalue weighted by atomic mass is 10.2.